The fourth-order valence-corrected chi connectivity index (χ4v) is 7.90. The number of carboxylic acid groups (broad SMARTS) is 1. The van der Waals surface area contributed by atoms with Crippen molar-refractivity contribution in [1.82, 2.24) is 0 Å². The minimum atomic E-state index is -3.25. The van der Waals surface area contributed by atoms with Crippen LogP contribution in [0.4, 0.5) is 8.78 Å². The highest BCUT2D eigenvalue weighted by atomic mass is 31.2. The van der Waals surface area contributed by atoms with Crippen molar-refractivity contribution in [3.63, 3.8) is 0 Å². The predicted molar refractivity (Wildman–Crippen MR) is 112 cm³/mol. The maximum Gasteiger partial charge on any atom is 0.309 e. The van der Waals surface area contributed by atoms with E-state index >= 15 is 0 Å². The molecule has 0 aromatic heterocycles. The number of hydrogen-bond acceptors (Lipinski definition) is 1. The second-order valence-corrected chi connectivity index (χ2v) is 10.3. The summed E-state index contributed by atoms with van der Waals surface area (Å²) in [4.78, 5) is 10.9. The standard InChI is InChI=1S/C23H21F2O2P/c24-23(25,18-22(26)27)16-17-28(19-10-4-1-5-11-19,20-12-6-2-7-13-20)21-14-8-3-9-15-21/h1-15H,16-18H2/p+1. The lowest BCUT2D eigenvalue weighted by atomic mass is 10.2. The van der Waals surface area contributed by atoms with Crippen molar-refractivity contribution in [1.29, 1.82) is 0 Å². The van der Waals surface area contributed by atoms with Crippen LogP contribution in [0.5, 0.6) is 0 Å². The summed E-state index contributed by atoms with van der Waals surface area (Å²) in [6.07, 6.45) is -1.43. The Morgan fingerprint density at radius 1 is 0.750 bits per heavy atom. The van der Waals surface area contributed by atoms with E-state index in [0.29, 0.717) is 0 Å². The maximum atomic E-state index is 14.4. The Morgan fingerprint density at radius 3 is 1.43 bits per heavy atom. The number of carbonyl (C=O) groups is 1. The molecule has 2 nitrogen and oxygen atoms in total. The van der Waals surface area contributed by atoms with E-state index in [2.05, 4.69) is 0 Å². The molecule has 0 aliphatic heterocycles. The first-order chi connectivity index (χ1) is 13.4. The largest absolute Gasteiger partial charge is 0.481 e. The van der Waals surface area contributed by atoms with Gasteiger partial charge in [-0.05, 0) is 36.4 Å². The second-order valence-electron chi connectivity index (χ2n) is 6.72. The van der Waals surface area contributed by atoms with Gasteiger partial charge < -0.3 is 5.11 Å². The number of benzene rings is 3. The molecule has 28 heavy (non-hydrogen) atoms. The number of alkyl halides is 2. The molecule has 0 amide bonds. The Balaban J connectivity index is 2.15. The molecule has 3 aromatic carbocycles. The highest BCUT2D eigenvalue weighted by Crippen LogP contribution is 2.56. The summed E-state index contributed by atoms with van der Waals surface area (Å²) in [5.41, 5.74) is 0. The molecule has 0 fully saturated rings. The van der Waals surface area contributed by atoms with Gasteiger partial charge in [0.1, 0.15) is 29.6 Å². The molecule has 3 rings (SSSR count). The molecule has 144 valence electrons. The molecule has 0 spiro atoms. The monoisotopic (exact) mass is 399 g/mol. The molecule has 0 aliphatic rings. The van der Waals surface area contributed by atoms with E-state index in [1.54, 1.807) is 0 Å². The first kappa shape index (κ1) is 20.2. The van der Waals surface area contributed by atoms with E-state index in [4.69, 9.17) is 5.11 Å². The van der Waals surface area contributed by atoms with Crippen molar-refractivity contribution in [3.05, 3.63) is 91.0 Å². The van der Waals surface area contributed by atoms with E-state index in [9.17, 15) is 13.6 Å². The van der Waals surface area contributed by atoms with Crippen molar-refractivity contribution in [2.45, 2.75) is 18.8 Å². The average Bonchev–Trinajstić information content (AvgIpc) is 2.70. The molecule has 0 bridgehead atoms. The molecule has 0 saturated heterocycles. The Kier molecular flexibility index (Phi) is 6.21. The minimum absolute atomic E-state index is 0.200. The van der Waals surface area contributed by atoms with E-state index in [-0.39, 0.29) is 6.16 Å². The van der Waals surface area contributed by atoms with Crippen molar-refractivity contribution < 1.29 is 18.7 Å². The normalized spacial score (nSPS) is 11.9. The van der Waals surface area contributed by atoms with Gasteiger partial charge >= 0.3 is 5.97 Å². The van der Waals surface area contributed by atoms with Crippen LogP contribution in [-0.2, 0) is 4.79 Å². The fraction of sp³-hybridized carbons (Fsp3) is 0.174. The SMILES string of the molecule is O=C(O)CC(F)(F)CC[P+](c1ccccc1)(c1ccccc1)c1ccccc1. The number of rotatable bonds is 8. The van der Waals surface area contributed by atoms with Crippen molar-refractivity contribution in [3.8, 4) is 0 Å². The zero-order valence-electron chi connectivity index (χ0n) is 15.3. The molecule has 0 atom stereocenters. The van der Waals surface area contributed by atoms with Gasteiger partial charge in [0.15, 0.2) is 0 Å². The molecule has 0 heterocycles. The zero-order chi connectivity index (χ0) is 20.0. The molecular formula is C23H22F2O2P+. The first-order valence-corrected chi connectivity index (χ1v) is 11.1. The molecular weight excluding hydrogens is 377 g/mol. The van der Waals surface area contributed by atoms with Crippen LogP contribution in [0, 0.1) is 0 Å². The summed E-state index contributed by atoms with van der Waals surface area (Å²) in [5, 5.41) is 11.9. The van der Waals surface area contributed by atoms with Crippen molar-refractivity contribution in [2.24, 2.45) is 0 Å². The highest BCUT2D eigenvalue weighted by molar-refractivity contribution is 7.95. The lowest BCUT2D eigenvalue weighted by Gasteiger charge is -2.29. The first-order valence-electron chi connectivity index (χ1n) is 9.09. The quantitative estimate of drug-likeness (QED) is 0.567. The van der Waals surface area contributed by atoms with Crippen LogP contribution in [0.1, 0.15) is 12.8 Å². The van der Waals surface area contributed by atoms with Crippen LogP contribution in [0.3, 0.4) is 0 Å². The van der Waals surface area contributed by atoms with Gasteiger partial charge in [-0.3, -0.25) is 4.79 Å². The van der Waals surface area contributed by atoms with Crippen molar-refractivity contribution in [2.75, 3.05) is 6.16 Å². The third-order valence-corrected chi connectivity index (χ3v) is 9.25. The van der Waals surface area contributed by atoms with Gasteiger partial charge in [-0.15, -0.1) is 0 Å². The van der Waals surface area contributed by atoms with Gasteiger partial charge in [0.05, 0.1) is 6.16 Å². The Hall–Kier alpha value is -2.58. The maximum absolute atomic E-state index is 14.4. The highest BCUT2D eigenvalue weighted by Gasteiger charge is 2.48. The predicted octanol–water partition coefficient (Wildman–Crippen LogP) is 4.48. The Bertz CT molecular complexity index is 803. The summed E-state index contributed by atoms with van der Waals surface area (Å²) in [6.45, 7) is 0. The lowest BCUT2D eigenvalue weighted by molar-refractivity contribution is -0.144. The van der Waals surface area contributed by atoms with Crippen LogP contribution >= 0.6 is 7.26 Å². The molecule has 0 aliphatic carbocycles. The fourth-order valence-electron chi connectivity index (χ4n) is 3.52. The molecule has 3 aromatic rings. The van der Waals surface area contributed by atoms with Crippen LogP contribution in [0.15, 0.2) is 91.0 Å². The topological polar surface area (TPSA) is 37.3 Å². The summed E-state index contributed by atoms with van der Waals surface area (Å²) in [5.74, 6) is -4.73. The molecule has 0 radical (unpaired) electrons. The van der Waals surface area contributed by atoms with Crippen LogP contribution < -0.4 is 15.9 Å². The summed E-state index contributed by atoms with van der Waals surface area (Å²) < 4.78 is 28.8. The van der Waals surface area contributed by atoms with E-state index in [1.165, 1.54) is 0 Å². The van der Waals surface area contributed by atoms with E-state index in [1.807, 2.05) is 91.0 Å². The van der Waals surface area contributed by atoms with Crippen molar-refractivity contribution >= 4 is 29.1 Å². The lowest BCUT2D eigenvalue weighted by Crippen LogP contribution is -2.35. The van der Waals surface area contributed by atoms with Gasteiger partial charge in [0.25, 0.3) is 5.92 Å². The summed E-state index contributed by atoms with van der Waals surface area (Å²) in [7, 11) is -2.37. The van der Waals surface area contributed by atoms with Crippen LogP contribution in [0.25, 0.3) is 0 Å². The minimum Gasteiger partial charge on any atom is -0.481 e. The third kappa shape index (κ3) is 4.45. The van der Waals surface area contributed by atoms with Gasteiger partial charge in [0, 0.05) is 6.42 Å². The van der Waals surface area contributed by atoms with E-state index in [0.717, 1.165) is 15.9 Å². The molecule has 1 N–H and O–H groups in total. The molecule has 5 heteroatoms. The third-order valence-electron chi connectivity index (χ3n) is 4.81. The number of halogens is 2. The van der Waals surface area contributed by atoms with Crippen LogP contribution in [0.2, 0.25) is 0 Å². The Labute approximate surface area is 164 Å². The van der Waals surface area contributed by atoms with Gasteiger partial charge in [-0.25, -0.2) is 8.78 Å². The summed E-state index contributed by atoms with van der Waals surface area (Å²) >= 11 is 0. The van der Waals surface area contributed by atoms with Gasteiger partial charge in [-0.2, -0.15) is 0 Å². The smallest absolute Gasteiger partial charge is 0.309 e. The molecule has 0 saturated carbocycles. The number of aliphatic carboxylic acids is 1. The second kappa shape index (κ2) is 8.62. The Morgan fingerprint density at radius 2 is 1.11 bits per heavy atom. The number of hydrogen-bond donors (Lipinski definition) is 1. The average molecular weight is 399 g/mol. The molecule has 0 unspecified atom stereocenters. The number of carboxylic acids is 1. The van der Waals surface area contributed by atoms with Crippen LogP contribution in [-0.4, -0.2) is 23.2 Å². The summed E-state index contributed by atoms with van der Waals surface area (Å²) in [6, 6.07) is 29.2. The van der Waals surface area contributed by atoms with Gasteiger partial charge in [-0.1, -0.05) is 54.6 Å². The zero-order valence-corrected chi connectivity index (χ0v) is 16.2. The van der Waals surface area contributed by atoms with Gasteiger partial charge in [0.2, 0.25) is 0 Å². The van der Waals surface area contributed by atoms with E-state index < -0.39 is 32.0 Å².